The molecule has 1 aromatic carbocycles. The van der Waals surface area contributed by atoms with Gasteiger partial charge < -0.3 is 14.8 Å². The van der Waals surface area contributed by atoms with Gasteiger partial charge in [-0.2, -0.15) is 4.98 Å². The minimum Gasteiger partial charge on any atom is -0.471 e. The summed E-state index contributed by atoms with van der Waals surface area (Å²) in [6, 6.07) is 7.92. The zero-order valence-corrected chi connectivity index (χ0v) is 11.6. The molecule has 0 aliphatic carbocycles. The van der Waals surface area contributed by atoms with Crippen molar-refractivity contribution in [2.45, 2.75) is 25.9 Å². The van der Waals surface area contributed by atoms with E-state index in [0.29, 0.717) is 18.4 Å². The van der Waals surface area contributed by atoms with Crippen molar-refractivity contribution >= 4 is 16.9 Å². The van der Waals surface area contributed by atoms with Crippen LogP contribution in [0.4, 0.5) is 5.95 Å². The number of fused-ring (bicyclic) bond motifs is 1. The number of hydrogen-bond donors (Lipinski definition) is 1. The zero-order valence-electron chi connectivity index (χ0n) is 11.6. The van der Waals surface area contributed by atoms with Crippen LogP contribution in [0.25, 0.3) is 10.9 Å². The molecule has 1 unspecified atom stereocenters. The second kappa shape index (κ2) is 6.05. The minimum atomic E-state index is 0.0901. The van der Waals surface area contributed by atoms with Crippen LogP contribution in [-0.2, 0) is 4.74 Å². The molecule has 3 rings (SSSR count). The largest absolute Gasteiger partial charge is 0.471 e. The lowest BCUT2D eigenvalue weighted by molar-refractivity contribution is 0.139. The Bertz CT molecular complexity index is 582. The van der Waals surface area contributed by atoms with Gasteiger partial charge in [0.15, 0.2) is 0 Å². The summed E-state index contributed by atoms with van der Waals surface area (Å²) in [5.41, 5.74) is 0.898. The average Bonchev–Trinajstić information content (AvgIpc) is 2.98. The van der Waals surface area contributed by atoms with Gasteiger partial charge >= 0.3 is 0 Å². The van der Waals surface area contributed by atoms with E-state index >= 15 is 0 Å². The number of para-hydroxylation sites is 1. The molecule has 0 bridgehead atoms. The van der Waals surface area contributed by atoms with E-state index in [1.165, 1.54) is 0 Å². The fraction of sp³-hybridized carbons (Fsp3) is 0.467. The quantitative estimate of drug-likeness (QED) is 0.907. The molecule has 1 aliphatic rings. The van der Waals surface area contributed by atoms with Gasteiger partial charge in [-0.15, -0.1) is 0 Å². The Balaban J connectivity index is 1.93. The molecule has 20 heavy (non-hydrogen) atoms. The molecule has 1 fully saturated rings. The standard InChI is InChI=1S/C15H19N3O2/c1-2-8-16-15-17-13-6-4-3-5-12(13)14(18-15)20-11-7-9-19-10-11/h3-6,11H,2,7-10H2,1H3,(H,16,17,18). The molecule has 1 N–H and O–H groups in total. The third kappa shape index (κ3) is 2.82. The Morgan fingerprint density at radius 1 is 1.35 bits per heavy atom. The van der Waals surface area contributed by atoms with E-state index in [2.05, 4.69) is 22.2 Å². The second-order valence-corrected chi connectivity index (χ2v) is 4.90. The van der Waals surface area contributed by atoms with E-state index in [1.54, 1.807) is 0 Å². The molecule has 1 atom stereocenters. The Labute approximate surface area is 118 Å². The third-order valence-electron chi connectivity index (χ3n) is 3.27. The van der Waals surface area contributed by atoms with Crippen molar-refractivity contribution in [3.63, 3.8) is 0 Å². The first-order valence-electron chi connectivity index (χ1n) is 7.12. The highest BCUT2D eigenvalue weighted by Crippen LogP contribution is 2.26. The summed E-state index contributed by atoms with van der Waals surface area (Å²) < 4.78 is 11.3. The molecule has 2 aromatic rings. The summed E-state index contributed by atoms with van der Waals surface area (Å²) in [6.45, 7) is 4.36. The van der Waals surface area contributed by atoms with Crippen LogP contribution in [0.1, 0.15) is 19.8 Å². The van der Waals surface area contributed by atoms with Crippen molar-refractivity contribution < 1.29 is 9.47 Å². The van der Waals surface area contributed by atoms with Crippen LogP contribution in [0.5, 0.6) is 5.88 Å². The van der Waals surface area contributed by atoms with Crippen LogP contribution >= 0.6 is 0 Å². The Kier molecular flexibility index (Phi) is 3.97. The molecule has 0 saturated carbocycles. The first-order valence-corrected chi connectivity index (χ1v) is 7.12. The van der Waals surface area contributed by atoms with Gasteiger partial charge in [0.05, 0.1) is 24.1 Å². The molecule has 1 aliphatic heterocycles. The summed E-state index contributed by atoms with van der Waals surface area (Å²) in [5, 5.41) is 4.16. The summed E-state index contributed by atoms with van der Waals surface area (Å²) in [7, 11) is 0. The van der Waals surface area contributed by atoms with Gasteiger partial charge in [0.2, 0.25) is 11.8 Å². The molecule has 1 aromatic heterocycles. The van der Waals surface area contributed by atoms with E-state index in [0.717, 1.165) is 36.9 Å². The van der Waals surface area contributed by atoms with Gasteiger partial charge in [0, 0.05) is 13.0 Å². The molecule has 5 heteroatoms. The molecule has 0 spiro atoms. The molecule has 0 radical (unpaired) electrons. The van der Waals surface area contributed by atoms with Crippen LogP contribution in [0, 0.1) is 0 Å². The smallest absolute Gasteiger partial charge is 0.226 e. The van der Waals surface area contributed by atoms with Gasteiger partial charge in [-0.25, -0.2) is 4.98 Å². The topological polar surface area (TPSA) is 56.3 Å². The average molecular weight is 273 g/mol. The number of ether oxygens (including phenoxy) is 2. The maximum atomic E-state index is 5.99. The Morgan fingerprint density at radius 3 is 3.05 bits per heavy atom. The zero-order chi connectivity index (χ0) is 13.8. The summed E-state index contributed by atoms with van der Waals surface area (Å²) in [6.07, 6.45) is 2.03. The number of benzene rings is 1. The van der Waals surface area contributed by atoms with Crippen molar-refractivity contribution in [1.82, 2.24) is 9.97 Å². The van der Waals surface area contributed by atoms with Crippen molar-refractivity contribution in [3.8, 4) is 5.88 Å². The van der Waals surface area contributed by atoms with E-state index in [4.69, 9.17) is 9.47 Å². The van der Waals surface area contributed by atoms with Gasteiger partial charge in [-0.3, -0.25) is 0 Å². The van der Waals surface area contributed by atoms with E-state index in [9.17, 15) is 0 Å². The number of rotatable bonds is 5. The molecule has 0 amide bonds. The highest BCUT2D eigenvalue weighted by molar-refractivity contribution is 5.84. The van der Waals surface area contributed by atoms with Crippen LogP contribution in [0.2, 0.25) is 0 Å². The van der Waals surface area contributed by atoms with E-state index < -0.39 is 0 Å². The summed E-state index contributed by atoms with van der Waals surface area (Å²) in [4.78, 5) is 9.02. The number of nitrogens with one attached hydrogen (secondary N) is 1. The van der Waals surface area contributed by atoms with Crippen molar-refractivity contribution in [3.05, 3.63) is 24.3 Å². The van der Waals surface area contributed by atoms with Gasteiger partial charge in [0.25, 0.3) is 0 Å². The summed E-state index contributed by atoms with van der Waals surface area (Å²) in [5.74, 6) is 1.27. The fourth-order valence-corrected chi connectivity index (χ4v) is 2.22. The number of hydrogen-bond acceptors (Lipinski definition) is 5. The number of anilines is 1. The lowest BCUT2D eigenvalue weighted by atomic mass is 10.2. The van der Waals surface area contributed by atoms with Crippen LogP contribution in [0.15, 0.2) is 24.3 Å². The lowest BCUT2D eigenvalue weighted by Gasteiger charge is -2.14. The lowest BCUT2D eigenvalue weighted by Crippen LogP contribution is -2.17. The molecule has 5 nitrogen and oxygen atoms in total. The van der Waals surface area contributed by atoms with Crippen LogP contribution in [0.3, 0.4) is 0 Å². The fourth-order valence-electron chi connectivity index (χ4n) is 2.22. The molecule has 2 heterocycles. The van der Waals surface area contributed by atoms with Gasteiger partial charge in [-0.1, -0.05) is 19.1 Å². The maximum absolute atomic E-state index is 5.99. The first kappa shape index (κ1) is 13.1. The Hall–Kier alpha value is -1.88. The molecular formula is C15H19N3O2. The van der Waals surface area contributed by atoms with Crippen LogP contribution in [-0.4, -0.2) is 35.8 Å². The van der Waals surface area contributed by atoms with E-state index in [-0.39, 0.29) is 6.10 Å². The SMILES string of the molecule is CCCNc1nc(OC2CCOC2)c2ccccc2n1. The predicted octanol–water partition coefficient (Wildman–Crippen LogP) is 2.62. The number of nitrogens with zero attached hydrogens (tertiary/aromatic N) is 2. The van der Waals surface area contributed by atoms with Gasteiger partial charge in [-0.05, 0) is 18.6 Å². The minimum absolute atomic E-state index is 0.0901. The maximum Gasteiger partial charge on any atom is 0.226 e. The monoisotopic (exact) mass is 273 g/mol. The van der Waals surface area contributed by atoms with E-state index in [1.807, 2.05) is 24.3 Å². The van der Waals surface area contributed by atoms with Crippen molar-refractivity contribution in [2.75, 3.05) is 25.1 Å². The Morgan fingerprint density at radius 2 is 2.25 bits per heavy atom. The molecule has 1 saturated heterocycles. The number of aromatic nitrogens is 2. The van der Waals surface area contributed by atoms with Crippen molar-refractivity contribution in [1.29, 1.82) is 0 Å². The molecule has 106 valence electrons. The van der Waals surface area contributed by atoms with Crippen molar-refractivity contribution in [2.24, 2.45) is 0 Å². The predicted molar refractivity (Wildman–Crippen MR) is 78.2 cm³/mol. The van der Waals surface area contributed by atoms with Crippen LogP contribution < -0.4 is 10.1 Å². The normalized spacial score (nSPS) is 18.4. The first-order chi connectivity index (χ1) is 9.86. The highest BCUT2D eigenvalue weighted by atomic mass is 16.5. The third-order valence-corrected chi connectivity index (χ3v) is 3.27. The second-order valence-electron chi connectivity index (χ2n) is 4.90. The summed E-state index contributed by atoms with van der Waals surface area (Å²) >= 11 is 0. The highest BCUT2D eigenvalue weighted by Gasteiger charge is 2.19. The molecular weight excluding hydrogens is 254 g/mol. The van der Waals surface area contributed by atoms with Gasteiger partial charge in [0.1, 0.15) is 6.10 Å².